The summed E-state index contributed by atoms with van der Waals surface area (Å²) in [5, 5.41) is 0.776. The Kier molecular flexibility index (Phi) is 2.65. The second-order valence-electron chi connectivity index (χ2n) is 4.63. The summed E-state index contributed by atoms with van der Waals surface area (Å²) >= 11 is 6.06. The van der Waals surface area contributed by atoms with E-state index in [2.05, 4.69) is 13.8 Å². The average molecular weight is 226 g/mol. The smallest absolute Gasteiger partial charge is 0.126 e. The van der Waals surface area contributed by atoms with Gasteiger partial charge in [-0.2, -0.15) is 0 Å². The summed E-state index contributed by atoms with van der Waals surface area (Å²) in [5.74, 6) is 0.995. The highest BCUT2D eigenvalue weighted by atomic mass is 35.5. The second kappa shape index (κ2) is 3.69. The van der Waals surface area contributed by atoms with E-state index >= 15 is 0 Å². The van der Waals surface area contributed by atoms with E-state index in [-0.39, 0.29) is 5.60 Å². The summed E-state index contributed by atoms with van der Waals surface area (Å²) < 4.78 is 5.92. The van der Waals surface area contributed by atoms with Crippen molar-refractivity contribution in [2.75, 3.05) is 6.54 Å². The van der Waals surface area contributed by atoms with Crippen LogP contribution < -0.4 is 10.5 Å². The van der Waals surface area contributed by atoms with Gasteiger partial charge in [0.2, 0.25) is 0 Å². The van der Waals surface area contributed by atoms with Crippen molar-refractivity contribution in [3.05, 3.63) is 28.3 Å². The third-order valence-corrected chi connectivity index (χ3v) is 2.83. The SMILES string of the molecule is CC1(C)Cc2cc(Cl)cc(CCN)c2O1. The molecule has 0 unspecified atom stereocenters. The molecule has 2 N–H and O–H groups in total. The van der Waals surface area contributed by atoms with Gasteiger partial charge >= 0.3 is 0 Å². The lowest BCUT2D eigenvalue weighted by atomic mass is 10.00. The molecule has 1 aromatic rings. The molecule has 2 rings (SSSR count). The van der Waals surface area contributed by atoms with Gasteiger partial charge in [-0.25, -0.2) is 0 Å². The first-order valence-electron chi connectivity index (χ1n) is 5.22. The Balaban J connectivity index is 2.43. The van der Waals surface area contributed by atoms with E-state index < -0.39 is 0 Å². The van der Waals surface area contributed by atoms with Crippen molar-refractivity contribution in [3.8, 4) is 5.75 Å². The monoisotopic (exact) mass is 225 g/mol. The third-order valence-electron chi connectivity index (χ3n) is 2.62. The maximum absolute atomic E-state index is 6.06. The van der Waals surface area contributed by atoms with Crippen LogP contribution in [0.4, 0.5) is 0 Å². The van der Waals surface area contributed by atoms with E-state index in [4.69, 9.17) is 22.1 Å². The van der Waals surface area contributed by atoms with Crippen LogP contribution in [0.25, 0.3) is 0 Å². The Bertz CT molecular complexity index is 387. The number of halogens is 1. The van der Waals surface area contributed by atoms with E-state index in [0.29, 0.717) is 6.54 Å². The summed E-state index contributed by atoms with van der Waals surface area (Å²) in [5.41, 5.74) is 7.79. The lowest BCUT2D eigenvalue weighted by molar-refractivity contribution is 0.137. The molecule has 0 bridgehead atoms. The van der Waals surface area contributed by atoms with Crippen LogP contribution >= 0.6 is 11.6 Å². The molecular weight excluding hydrogens is 210 g/mol. The third kappa shape index (κ3) is 2.11. The van der Waals surface area contributed by atoms with Crippen molar-refractivity contribution in [2.24, 2.45) is 5.73 Å². The zero-order valence-corrected chi connectivity index (χ0v) is 9.90. The van der Waals surface area contributed by atoms with Crippen LogP contribution in [0.15, 0.2) is 12.1 Å². The number of hydrogen-bond acceptors (Lipinski definition) is 2. The first kappa shape index (κ1) is 10.8. The predicted octanol–water partition coefficient (Wildman–Crippen LogP) is 2.55. The lowest BCUT2D eigenvalue weighted by Gasteiger charge is -2.18. The first-order chi connectivity index (χ1) is 7.02. The van der Waals surface area contributed by atoms with Crippen molar-refractivity contribution in [1.82, 2.24) is 0 Å². The van der Waals surface area contributed by atoms with E-state index in [1.165, 1.54) is 5.56 Å². The zero-order chi connectivity index (χ0) is 11.1. The van der Waals surface area contributed by atoms with Crippen LogP contribution in [-0.4, -0.2) is 12.1 Å². The van der Waals surface area contributed by atoms with E-state index in [9.17, 15) is 0 Å². The number of hydrogen-bond donors (Lipinski definition) is 1. The molecule has 3 heteroatoms. The molecule has 1 aliphatic rings. The normalized spacial score (nSPS) is 17.3. The molecule has 15 heavy (non-hydrogen) atoms. The van der Waals surface area contributed by atoms with E-state index in [1.807, 2.05) is 12.1 Å². The fourth-order valence-electron chi connectivity index (χ4n) is 2.09. The maximum Gasteiger partial charge on any atom is 0.126 e. The molecule has 0 amide bonds. The van der Waals surface area contributed by atoms with Crippen LogP contribution in [0.1, 0.15) is 25.0 Å². The van der Waals surface area contributed by atoms with Gasteiger partial charge in [-0.05, 0) is 50.1 Å². The highest BCUT2D eigenvalue weighted by Gasteiger charge is 2.31. The number of fused-ring (bicyclic) bond motifs is 1. The molecule has 1 heterocycles. The molecule has 0 aliphatic carbocycles. The molecule has 0 atom stereocenters. The summed E-state index contributed by atoms with van der Waals surface area (Å²) in [6.45, 7) is 4.80. The van der Waals surface area contributed by atoms with Gasteiger partial charge in [0, 0.05) is 11.4 Å². The highest BCUT2D eigenvalue weighted by molar-refractivity contribution is 6.30. The molecule has 82 valence electrons. The minimum Gasteiger partial charge on any atom is -0.487 e. The number of benzene rings is 1. The maximum atomic E-state index is 6.06. The van der Waals surface area contributed by atoms with Gasteiger partial charge in [-0.1, -0.05) is 11.6 Å². The molecule has 0 saturated carbocycles. The zero-order valence-electron chi connectivity index (χ0n) is 9.14. The molecular formula is C12H16ClNO. The van der Waals surface area contributed by atoms with Gasteiger partial charge in [-0.3, -0.25) is 0 Å². The van der Waals surface area contributed by atoms with Gasteiger partial charge in [0.25, 0.3) is 0 Å². The van der Waals surface area contributed by atoms with Crippen LogP contribution in [0.5, 0.6) is 5.75 Å². The summed E-state index contributed by atoms with van der Waals surface area (Å²) in [6, 6.07) is 3.94. The summed E-state index contributed by atoms with van der Waals surface area (Å²) in [4.78, 5) is 0. The van der Waals surface area contributed by atoms with Crippen molar-refractivity contribution >= 4 is 11.6 Å². The molecule has 1 aliphatic heterocycles. The van der Waals surface area contributed by atoms with Crippen molar-refractivity contribution in [3.63, 3.8) is 0 Å². The number of nitrogens with two attached hydrogens (primary N) is 1. The highest BCUT2D eigenvalue weighted by Crippen LogP contribution is 2.39. The van der Waals surface area contributed by atoms with Crippen LogP contribution in [-0.2, 0) is 12.8 Å². The Morgan fingerprint density at radius 2 is 2.20 bits per heavy atom. The predicted molar refractivity (Wildman–Crippen MR) is 62.6 cm³/mol. The largest absolute Gasteiger partial charge is 0.487 e. The standard InChI is InChI=1S/C12H16ClNO/c1-12(2)7-9-6-10(13)5-8(3-4-14)11(9)15-12/h5-6H,3-4,7,14H2,1-2H3. The molecule has 1 aromatic carbocycles. The van der Waals surface area contributed by atoms with Crippen LogP contribution in [0.3, 0.4) is 0 Å². The van der Waals surface area contributed by atoms with Gasteiger partial charge < -0.3 is 10.5 Å². The molecule has 0 radical (unpaired) electrons. The lowest BCUT2D eigenvalue weighted by Crippen LogP contribution is -2.25. The quantitative estimate of drug-likeness (QED) is 0.840. The molecule has 2 nitrogen and oxygen atoms in total. The van der Waals surface area contributed by atoms with E-state index in [1.54, 1.807) is 0 Å². The van der Waals surface area contributed by atoms with Crippen LogP contribution in [0.2, 0.25) is 5.02 Å². The number of ether oxygens (including phenoxy) is 1. The van der Waals surface area contributed by atoms with Gasteiger partial charge in [0.15, 0.2) is 0 Å². The van der Waals surface area contributed by atoms with Gasteiger partial charge in [0.1, 0.15) is 11.4 Å². The molecule has 0 fully saturated rings. The molecule has 0 spiro atoms. The Labute approximate surface area is 95.4 Å². The molecule has 0 aromatic heterocycles. The topological polar surface area (TPSA) is 35.2 Å². The second-order valence-corrected chi connectivity index (χ2v) is 5.07. The summed E-state index contributed by atoms with van der Waals surface area (Å²) in [7, 11) is 0. The summed E-state index contributed by atoms with van der Waals surface area (Å²) in [6.07, 6.45) is 1.74. The Hall–Kier alpha value is -0.730. The van der Waals surface area contributed by atoms with Crippen LogP contribution in [0, 0.1) is 0 Å². The average Bonchev–Trinajstić information content (AvgIpc) is 2.40. The number of rotatable bonds is 2. The Morgan fingerprint density at radius 3 is 2.87 bits per heavy atom. The Morgan fingerprint density at radius 1 is 1.47 bits per heavy atom. The van der Waals surface area contributed by atoms with Crippen molar-refractivity contribution < 1.29 is 4.74 Å². The fraction of sp³-hybridized carbons (Fsp3) is 0.500. The fourth-order valence-corrected chi connectivity index (χ4v) is 2.35. The first-order valence-corrected chi connectivity index (χ1v) is 5.60. The molecule has 0 saturated heterocycles. The minimum atomic E-state index is -0.115. The van der Waals surface area contributed by atoms with Gasteiger partial charge in [-0.15, -0.1) is 0 Å². The van der Waals surface area contributed by atoms with E-state index in [0.717, 1.165) is 29.2 Å². The van der Waals surface area contributed by atoms with Crippen molar-refractivity contribution in [2.45, 2.75) is 32.3 Å². The van der Waals surface area contributed by atoms with Crippen molar-refractivity contribution in [1.29, 1.82) is 0 Å². The minimum absolute atomic E-state index is 0.115. The van der Waals surface area contributed by atoms with Gasteiger partial charge in [0.05, 0.1) is 0 Å².